The lowest BCUT2D eigenvalue weighted by molar-refractivity contribution is -0.153. The van der Waals surface area contributed by atoms with Crippen molar-refractivity contribution in [1.29, 1.82) is 0 Å². The Bertz CT molecular complexity index is 389. The number of carbonyl (C=O) groups excluding carboxylic acids is 2. The van der Waals surface area contributed by atoms with E-state index in [9.17, 15) is 9.59 Å². The normalized spacial score (nSPS) is 9.89. The standard InChI is InChI=1S/C14H19NO3/c1-3-5-11-15(12-9-7-6-8-10-12)13(16)14(17)18-4-2/h6-10H,3-5,11H2,1-2H3. The Morgan fingerprint density at radius 1 is 1.17 bits per heavy atom. The summed E-state index contributed by atoms with van der Waals surface area (Å²) in [7, 11) is 0. The van der Waals surface area contributed by atoms with Crippen LogP contribution in [0.5, 0.6) is 0 Å². The van der Waals surface area contributed by atoms with Gasteiger partial charge in [0.05, 0.1) is 6.61 Å². The lowest BCUT2D eigenvalue weighted by Crippen LogP contribution is -2.38. The van der Waals surface area contributed by atoms with Crippen LogP contribution in [0.2, 0.25) is 0 Å². The first-order chi connectivity index (χ1) is 8.70. The number of para-hydroxylation sites is 1. The fourth-order valence-corrected chi connectivity index (χ4v) is 1.58. The molecule has 18 heavy (non-hydrogen) atoms. The van der Waals surface area contributed by atoms with Crippen molar-refractivity contribution < 1.29 is 14.3 Å². The molecule has 0 heterocycles. The van der Waals surface area contributed by atoms with Gasteiger partial charge in [0.15, 0.2) is 0 Å². The summed E-state index contributed by atoms with van der Waals surface area (Å²) < 4.78 is 4.76. The molecule has 0 saturated heterocycles. The molecular weight excluding hydrogens is 230 g/mol. The van der Waals surface area contributed by atoms with E-state index in [1.807, 2.05) is 37.3 Å². The second-order valence-corrected chi connectivity index (χ2v) is 3.87. The molecule has 0 aromatic heterocycles. The van der Waals surface area contributed by atoms with Gasteiger partial charge in [0, 0.05) is 12.2 Å². The third kappa shape index (κ3) is 3.87. The van der Waals surface area contributed by atoms with Gasteiger partial charge in [-0.3, -0.25) is 4.79 Å². The highest BCUT2D eigenvalue weighted by atomic mass is 16.5. The summed E-state index contributed by atoms with van der Waals surface area (Å²) in [6.45, 7) is 4.46. The number of hydrogen-bond acceptors (Lipinski definition) is 3. The molecule has 0 N–H and O–H groups in total. The molecule has 0 radical (unpaired) electrons. The van der Waals surface area contributed by atoms with Crippen LogP contribution in [0.3, 0.4) is 0 Å². The van der Waals surface area contributed by atoms with Crippen LogP contribution in [-0.4, -0.2) is 25.0 Å². The Hall–Kier alpha value is -1.84. The minimum atomic E-state index is -0.794. The second-order valence-electron chi connectivity index (χ2n) is 3.87. The first-order valence-corrected chi connectivity index (χ1v) is 6.24. The first kappa shape index (κ1) is 14.2. The van der Waals surface area contributed by atoms with Crippen LogP contribution in [0.15, 0.2) is 30.3 Å². The van der Waals surface area contributed by atoms with E-state index in [1.165, 1.54) is 4.90 Å². The summed E-state index contributed by atoms with van der Waals surface area (Å²) in [5.74, 6) is -1.39. The molecule has 0 fully saturated rings. The number of ether oxygens (including phenoxy) is 1. The van der Waals surface area contributed by atoms with Crippen molar-refractivity contribution in [2.45, 2.75) is 26.7 Å². The quantitative estimate of drug-likeness (QED) is 0.594. The van der Waals surface area contributed by atoms with E-state index >= 15 is 0 Å². The summed E-state index contributed by atoms with van der Waals surface area (Å²) in [4.78, 5) is 25.0. The van der Waals surface area contributed by atoms with E-state index in [1.54, 1.807) is 6.92 Å². The van der Waals surface area contributed by atoms with Gasteiger partial charge in [-0.1, -0.05) is 31.5 Å². The number of amides is 1. The molecule has 4 nitrogen and oxygen atoms in total. The number of carbonyl (C=O) groups is 2. The van der Waals surface area contributed by atoms with Gasteiger partial charge in [0.25, 0.3) is 0 Å². The van der Waals surface area contributed by atoms with E-state index in [-0.39, 0.29) is 6.61 Å². The Morgan fingerprint density at radius 3 is 2.39 bits per heavy atom. The van der Waals surface area contributed by atoms with E-state index in [0.29, 0.717) is 6.54 Å². The average Bonchev–Trinajstić information content (AvgIpc) is 2.40. The van der Waals surface area contributed by atoms with Gasteiger partial charge >= 0.3 is 11.9 Å². The number of anilines is 1. The van der Waals surface area contributed by atoms with Gasteiger partial charge in [-0.15, -0.1) is 0 Å². The summed E-state index contributed by atoms with van der Waals surface area (Å²) in [5, 5.41) is 0. The highest BCUT2D eigenvalue weighted by Gasteiger charge is 2.23. The average molecular weight is 249 g/mol. The van der Waals surface area contributed by atoms with Gasteiger partial charge in [-0.25, -0.2) is 4.79 Å². The van der Waals surface area contributed by atoms with Crippen molar-refractivity contribution in [3.8, 4) is 0 Å². The molecule has 4 heteroatoms. The Balaban J connectivity index is 2.84. The molecule has 0 bridgehead atoms. The fourth-order valence-electron chi connectivity index (χ4n) is 1.58. The zero-order chi connectivity index (χ0) is 13.4. The molecule has 0 aliphatic heterocycles. The lowest BCUT2D eigenvalue weighted by atomic mass is 10.2. The van der Waals surface area contributed by atoms with Crippen LogP contribution >= 0.6 is 0 Å². The molecule has 98 valence electrons. The van der Waals surface area contributed by atoms with Gasteiger partial charge in [0.1, 0.15) is 0 Å². The minimum absolute atomic E-state index is 0.209. The van der Waals surface area contributed by atoms with Gasteiger partial charge < -0.3 is 9.64 Å². The van der Waals surface area contributed by atoms with Crippen LogP contribution < -0.4 is 4.90 Å². The maximum Gasteiger partial charge on any atom is 0.397 e. The molecule has 0 atom stereocenters. The predicted molar refractivity (Wildman–Crippen MR) is 70.3 cm³/mol. The zero-order valence-electron chi connectivity index (χ0n) is 10.9. The molecule has 0 spiro atoms. The van der Waals surface area contributed by atoms with Gasteiger partial charge in [-0.2, -0.15) is 0 Å². The highest BCUT2D eigenvalue weighted by Crippen LogP contribution is 2.14. The zero-order valence-corrected chi connectivity index (χ0v) is 10.9. The third-order valence-corrected chi connectivity index (χ3v) is 2.50. The minimum Gasteiger partial charge on any atom is -0.459 e. The lowest BCUT2D eigenvalue weighted by Gasteiger charge is -2.21. The van der Waals surface area contributed by atoms with Crippen molar-refractivity contribution in [3.63, 3.8) is 0 Å². The van der Waals surface area contributed by atoms with Crippen molar-refractivity contribution in [1.82, 2.24) is 0 Å². The molecule has 0 aliphatic rings. The fraction of sp³-hybridized carbons (Fsp3) is 0.429. The topological polar surface area (TPSA) is 46.6 Å². The second kappa shape index (κ2) is 7.48. The van der Waals surface area contributed by atoms with Crippen LogP contribution in [0, 0.1) is 0 Å². The largest absolute Gasteiger partial charge is 0.459 e. The van der Waals surface area contributed by atoms with E-state index in [4.69, 9.17) is 4.74 Å². The monoisotopic (exact) mass is 249 g/mol. The van der Waals surface area contributed by atoms with Crippen molar-refractivity contribution >= 4 is 17.6 Å². The van der Waals surface area contributed by atoms with Crippen LogP contribution in [0.4, 0.5) is 5.69 Å². The molecule has 0 unspecified atom stereocenters. The molecular formula is C14H19NO3. The summed E-state index contributed by atoms with van der Waals surface area (Å²) in [6, 6.07) is 9.18. The number of nitrogens with zero attached hydrogens (tertiary/aromatic N) is 1. The van der Waals surface area contributed by atoms with Gasteiger partial charge in [-0.05, 0) is 25.5 Å². The first-order valence-electron chi connectivity index (χ1n) is 6.24. The van der Waals surface area contributed by atoms with Crippen molar-refractivity contribution in [2.24, 2.45) is 0 Å². The predicted octanol–water partition coefficient (Wildman–Crippen LogP) is 2.38. The summed E-state index contributed by atoms with van der Waals surface area (Å²) in [6.07, 6.45) is 1.81. The van der Waals surface area contributed by atoms with Crippen molar-refractivity contribution in [2.75, 3.05) is 18.1 Å². The molecule has 1 aromatic rings. The van der Waals surface area contributed by atoms with E-state index in [0.717, 1.165) is 18.5 Å². The number of rotatable bonds is 5. The maximum atomic E-state index is 12.0. The van der Waals surface area contributed by atoms with Crippen molar-refractivity contribution in [3.05, 3.63) is 30.3 Å². The Labute approximate surface area is 108 Å². The smallest absolute Gasteiger partial charge is 0.397 e. The van der Waals surface area contributed by atoms with Crippen LogP contribution in [0.1, 0.15) is 26.7 Å². The Kier molecular flexibility index (Phi) is 5.91. The molecule has 1 rings (SSSR count). The maximum absolute atomic E-state index is 12.0. The third-order valence-electron chi connectivity index (χ3n) is 2.50. The van der Waals surface area contributed by atoms with Gasteiger partial charge in [0.2, 0.25) is 0 Å². The number of hydrogen-bond donors (Lipinski definition) is 0. The summed E-state index contributed by atoms with van der Waals surface area (Å²) >= 11 is 0. The molecule has 0 aliphatic carbocycles. The number of esters is 1. The molecule has 1 amide bonds. The van der Waals surface area contributed by atoms with E-state index < -0.39 is 11.9 Å². The molecule has 0 saturated carbocycles. The SMILES string of the molecule is CCCCN(C(=O)C(=O)OCC)c1ccccc1. The van der Waals surface area contributed by atoms with E-state index in [2.05, 4.69) is 0 Å². The number of unbranched alkanes of at least 4 members (excludes halogenated alkanes) is 1. The highest BCUT2D eigenvalue weighted by molar-refractivity contribution is 6.38. The number of benzene rings is 1. The molecule has 1 aromatic carbocycles. The Morgan fingerprint density at radius 2 is 1.83 bits per heavy atom. The van der Waals surface area contributed by atoms with Crippen LogP contribution in [0.25, 0.3) is 0 Å². The van der Waals surface area contributed by atoms with Crippen LogP contribution in [-0.2, 0) is 14.3 Å². The summed E-state index contributed by atoms with van der Waals surface area (Å²) in [5.41, 5.74) is 0.726.